The van der Waals surface area contributed by atoms with Crippen LogP contribution in [0, 0.1) is 5.82 Å². The van der Waals surface area contributed by atoms with Crippen LogP contribution in [0.2, 0.25) is 5.02 Å². The van der Waals surface area contributed by atoms with E-state index < -0.39 is 29.6 Å². The van der Waals surface area contributed by atoms with Crippen LogP contribution in [0.5, 0.6) is 5.75 Å². The maximum absolute atomic E-state index is 14.7. The van der Waals surface area contributed by atoms with Gasteiger partial charge in [0.2, 0.25) is 0 Å². The Hall–Kier alpha value is -3.40. The van der Waals surface area contributed by atoms with Gasteiger partial charge in [0.1, 0.15) is 23.7 Å². The van der Waals surface area contributed by atoms with E-state index in [1.54, 1.807) is 24.3 Å². The first-order valence-corrected chi connectivity index (χ1v) is 10.8. The number of ether oxygens (including phenoxy) is 2. The number of amidine groups is 1. The van der Waals surface area contributed by atoms with Crippen LogP contribution in [-0.4, -0.2) is 36.7 Å². The molecule has 0 radical (unpaired) electrons. The van der Waals surface area contributed by atoms with Crippen LogP contribution in [0.3, 0.4) is 0 Å². The van der Waals surface area contributed by atoms with Crippen molar-refractivity contribution in [3.8, 4) is 5.75 Å². The minimum Gasteiger partial charge on any atom is -0.463 e. The van der Waals surface area contributed by atoms with Gasteiger partial charge >= 0.3 is 12.5 Å². The van der Waals surface area contributed by atoms with Gasteiger partial charge < -0.3 is 14.8 Å². The zero-order valence-corrected chi connectivity index (χ0v) is 18.8. The number of aliphatic imine (C=N–C) groups is 1. The summed E-state index contributed by atoms with van der Waals surface area (Å²) in [5.41, 5.74) is -0.286. The lowest BCUT2D eigenvalue weighted by atomic mass is 9.80. The first-order valence-electron chi connectivity index (χ1n) is 10.5. The Bertz CT molecular complexity index is 1200. The minimum atomic E-state index is -4.82. The molecular formula is C24H19ClF5N3O2. The number of alkyl halides is 4. The average Bonchev–Trinajstić information content (AvgIpc) is 3.32. The van der Waals surface area contributed by atoms with Crippen LogP contribution >= 0.6 is 11.6 Å². The number of pyridine rings is 1. The molecular weight excluding hydrogens is 493 g/mol. The van der Waals surface area contributed by atoms with Crippen molar-refractivity contribution in [1.29, 1.82) is 0 Å². The number of nitrogens with one attached hydrogen (secondary N) is 1. The zero-order valence-electron chi connectivity index (χ0n) is 18.0. The largest absolute Gasteiger partial charge is 0.463 e. The highest BCUT2D eigenvalue weighted by molar-refractivity contribution is 6.30. The fraction of sp³-hybridized carbons (Fsp3) is 0.250. The molecule has 3 aromatic rings. The van der Waals surface area contributed by atoms with Crippen LogP contribution in [0.1, 0.15) is 16.8 Å². The number of aromatic nitrogens is 1. The van der Waals surface area contributed by atoms with E-state index in [4.69, 9.17) is 16.3 Å². The number of nitrogens with zero attached hydrogens (tertiary/aromatic N) is 2. The topological polar surface area (TPSA) is 55.7 Å². The molecule has 2 aromatic carbocycles. The fourth-order valence-corrected chi connectivity index (χ4v) is 3.83. The second-order valence-corrected chi connectivity index (χ2v) is 8.17. The third-order valence-electron chi connectivity index (χ3n) is 5.25. The lowest BCUT2D eigenvalue weighted by Gasteiger charge is -2.36. The number of rotatable bonds is 8. The predicted molar refractivity (Wildman–Crippen MR) is 120 cm³/mol. The molecule has 0 saturated carbocycles. The third kappa shape index (κ3) is 5.64. The van der Waals surface area contributed by atoms with Gasteiger partial charge in [0.05, 0.1) is 17.3 Å². The smallest absolute Gasteiger partial charge is 0.461 e. The van der Waals surface area contributed by atoms with Gasteiger partial charge in [0.25, 0.3) is 6.02 Å². The summed E-state index contributed by atoms with van der Waals surface area (Å²) in [6.45, 7) is 0.672. The second kappa shape index (κ2) is 10.1. The first kappa shape index (κ1) is 24.7. The van der Waals surface area contributed by atoms with Gasteiger partial charge in [0, 0.05) is 18.7 Å². The van der Waals surface area contributed by atoms with E-state index in [-0.39, 0.29) is 18.0 Å². The van der Waals surface area contributed by atoms with Crippen LogP contribution in [0.15, 0.2) is 71.9 Å². The summed E-state index contributed by atoms with van der Waals surface area (Å²) in [5, 5.41) is 3.46. The van der Waals surface area contributed by atoms with E-state index in [1.165, 1.54) is 6.20 Å². The molecule has 0 unspecified atom stereocenters. The maximum atomic E-state index is 14.7. The third-order valence-corrected chi connectivity index (χ3v) is 5.48. The Kier molecular flexibility index (Phi) is 7.11. The Balaban J connectivity index is 1.91. The summed E-state index contributed by atoms with van der Waals surface area (Å²) < 4.78 is 77.3. The second-order valence-electron chi connectivity index (χ2n) is 7.73. The van der Waals surface area contributed by atoms with E-state index in [0.29, 0.717) is 29.9 Å². The van der Waals surface area contributed by atoms with Gasteiger partial charge in [-0.2, -0.15) is 17.6 Å². The zero-order chi connectivity index (χ0) is 25.1. The molecule has 184 valence electrons. The van der Waals surface area contributed by atoms with Crippen LogP contribution in [0.4, 0.5) is 22.0 Å². The molecule has 1 atom stereocenters. The highest BCUT2D eigenvalue weighted by atomic mass is 35.5. The Morgan fingerprint density at radius 1 is 1.09 bits per heavy atom. The Morgan fingerprint density at radius 2 is 1.86 bits per heavy atom. The van der Waals surface area contributed by atoms with Crippen LogP contribution in [0.25, 0.3) is 0 Å². The Labute approximate surface area is 202 Å². The van der Waals surface area contributed by atoms with Crippen molar-refractivity contribution < 1.29 is 31.4 Å². The van der Waals surface area contributed by atoms with Crippen molar-refractivity contribution in [3.05, 3.63) is 94.5 Å². The SMILES string of the molecule is Fc1cc(OC(F)(F)C(F)F)cc([C@](Cc2ccccc2)(NC2=NCCO2)c2ccc(Cl)cn2)c1. The molecule has 0 amide bonds. The molecule has 0 saturated heterocycles. The Morgan fingerprint density at radius 3 is 2.49 bits per heavy atom. The molecule has 11 heteroatoms. The molecule has 2 heterocycles. The highest BCUT2D eigenvalue weighted by Gasteiger charge is 2.45. The van der Waals surface area contributed by atoms with E-state index >= 15 is 0 Å². The van der Waals surface area contributed by atoms with Crippen LogP contribution in [-0.2, 0) is 16.7 Å². The first-order chi connectivity index (χ1) is 16.7. The van der Waals surface area contributed by atoms with Gasteiger partial charge in [-0.25, -0.2) is 9.38 Å². The monoisotopic (exact) mass is 511 g/mol. The molecule has 1 aromatic heterocycles. The number of hydrogen-bond donors (Lipinski definition) is 1. The average molecular weight is 512 g/mol. The molecule has 35 heavy (non-hydrogen) atoms. The molecule has 1 aliphatic heterocycles. The summed E-state index contributed by atoms with van der Waals surface area (Å²) in [6, 6.07) is 15.0. The summed E-state index contributed by atoms with van der Waals surface area (Å²) in [6.07, 6.45) is -7.44. The molecule has 0 spiro atoms. The summed E-state index contributed by atoms with van der Waals surface area (Å²) in [5.74, 6) is -1.77. The fourth-order valence-electron chi connectivity index (χ4n) is 3.71. The molecule has 0 bridgehead atoms. The normalized spacial score (nSPS) is 15.3. The van der Waals surface area contributed by atoms with Crippen molar-refractivity contribution in [2.45, 2.75) is 24.5 Å². The van der Waals surface area contributed by atoms with Crippen molar-refractivity contribution in [2.75, 3.05) is 13.2 Å². The van der Waals surface area contributed by atoms with Crippen molar-refractivity contribution in [1.82, 2.24) is 10.3 Å². The van der Waals surface area contributed by atoms with Crippen molar-refractivity contribution >= 4 is 17.6 Å². The molecule has 5 nitrogen and oxygen atoms in total. The molecule has 1 N–H and O–H groups in total. The quantitative estimate of drug-likeness (QED) is 0.402. The van der Waals surface area contributed by atoms with Gasteiger partial charge in [-0.1, -0.05) is 41.9 Å². The highest BCUT2D eigenvalue weighted by Crippen LogP contribution is 2.37. The summed E-state index contributed by atoms with van der Waals surface area (Å²) in [7, 11) is 0. The standard InChI is InChI=1S/C24H19ClF5N3O2/c25-17-6-7-20(32-14-17)23(33-22-31-8-9-34-22,13-15-4-2-1-3-5-15)16-10-18(26)12-19(11-16)35-24(29,30)21(27)28/h1-7,10-12,14,21H,8-9,13H2,(H,31,33)/t23-/m0/s1. The number of benzene rings is 2. The van der Waals surface area contributed by atoms with Gasteiger partial charge in [-0.15, -0.1) is 0 Å². The predicted octanol–water partition coefficient (Wildman–Crippen LogP) is 5.57. The van der Waals surface area contributed by atoms with E-state index in [9.17, 15) is 22.0 Å². The van der Waals surface area contributed by atoms with Gasteiger partial charge in [-0.05, 0) is 35.4 Å². The summed E-state index contributed by atoms with van der Waals surface area (Å²) in [4.78, 5) is 8.63. The van der Waals surface area contributed by atoms with Crippen molar-refractivity contribution in [2.24, 2.45) is 4.99 Å². The van der Waals surface area contributed by atoms with Gasteiger partial charge in [-0.3, -0.25) is 4.98 Å². The minimum absolute atomic E-state index is 0.0643. The van der Waals surface area contributed by atoms with E-state index in [2.05, 4.69) is 20.0 Å². The van der Waals surface area contributed by atoms with E-state index in [1.807, 2.05) is 18.2 Å². The summed E-state index contributed by atoms with van der Waals surface area (Å²) >= 11 is 6.03. The van der Waals surface area contributed by atoms with E-state index in [0.717, 1.165) is 17.7 Å². The number of hydrogen-bond acceptors (Lipinski definition) is 5. The molecule has 0 fully saturated rings. The maximum Gasteiger partial charge on any atom is 0.461 e. The molecule has 1 aliphatic rings. The molecule has 4 rings (SSSR count). The lowest BCUT2D eigenvalue weighted by Crippen LogP contribution is -2.49. The lowest BCUT2D eigenvalue weighted by molar-refractivity contribution is -0.253. The van der Waals surface area contributed by atoms with Crippen molar-refractivity contribution in [3.63, 3.8) is 0 Å². The van der Waals surface area contributed by atoms with Gasteiger partial charge in [0.15, 0.2) is 0 Å². The number of halogens is 6. The molecule has 0 aliphatic carbocycles. The van der Waals surface area contributed by atoms with Crippen LogP contribution < -0.4 is 10.1 Å².